The zero-order valence-corrected chi connectivity index (χ0v) is 13.2. The van der Waals surface area contributed by atoms with Crippen LogP contribution in [0.1, 0.15) is 22.8 Å². The van der Waals surface area contributed by atoms with Gasteiger partial charge < -0.3 is 15.7 Å². The van der Waals surface area contributed by atoms with Gasteiger partial charge in [0.05, 0.1) is 6.10 Å². The maximum Gasteiger partial charge on any atom is 0.313 e. The van der Waals surface area contributed by atoms with Crippen molar-refractivity contribution in [3.63, 3.8) is 0 Å². The molecule has 2 amide bonds. The Morgan fingerprint density at radius 2 is 2.00 bits per heavy atom. The molecule has 2 rings (SSSR count). The molecule has 6 heteroatoms. The fraction of sp³-hybridized carbons (Fsp3) is 0.250. The molecule has 1 unspecified atom stereocenters. The molecular formula is C16H18N2O3S. The molecule has 0 saturated heterocycles. The number of benzene rings is 1. The van der Waals surface area contributed by atoms with E-state index < -0.39 is 17.9 Å². The highest BCUT2D eigenvalue weighted by Gasteiger charge is 2.16. The number of carbonyl (C=O) groups excluding carboxylic acids is 2. The van der Waals surface area contributed by atoms with Crippen molar-refractivity contribution in [3.05, 3.63) is 51.7 Å². The fourth-order valence-electron chi connectivity index (χ4n) is 1.99. The molecule has 1 atom stereocenters. The third-order valence-electron chi connectivity index (χ3n) is 3.22. The molecule has 0 aliphatic carbocycles. The summed E-state index contributed by atoms with van der Waals surface area (Å²) in [4.78, 5) is 23.6. The summed E-state index contributed by atoms with van der Waals surface area (Å²) in [5.41, 5.74) is 3.29. The van der Waals surface area contributed by atoms with E-state index in [1.807, 2.05) is 31.4 Å². The Hall–Kier alpha value is -2.18. The van der Waals surface area contributed by atoms with Crippen LogP contribution in [0.25, 0.3) is 0 Å². The number of aliphatic hydroxyl groups is 1. The molecule has 22 heavy (non-hydrogen) atoms. The van der Waals surface area contributed by atoms with Crippen LogP contribution < -0.4 is 10.6 Å². The number of thiophene rings is 1. The van der Waals surface area contributed by atoms with Crippen LogP contribution in [0.15, 0.2) is 35.0 Å². The van der Waals surface area contributed by atoms with Crippen LogP contribution in [-0.4, -0.2) is 23.5 Å². The van der Waals surface area contributed by atoms with Gasteiger partial charge in [0.2, 0.25) is 0 Å². The molecule has 0 aliphatic heterocycles. The lowest BCUT2D eigenvalue weighted by atomic mass is 10.1. The third kappa shape index (κ3) is 4.16. The van der Waals surface area contributed by atoms with Crippen molar-refractivity contribution in [1.29, 1.82) is 0 Å². The first-order valence-electron chi connectivity index (χ1n) is 6.84. The number of carbonyl (C=O) groups is 2. The quantitative estimate of drug-likeness (QED) is 0.756. The summed E-state index contributed by atoms with van der Waals surface area (Å²) in [6, 6.07) is 7.32. The fourth-order valence-corrected chi connectivity index (χ4v) is 2.69. The summed E-state index contributed by atoms with van der Waals surface area (Å²) in [6.45, 7) is 3.81. The van der Waals surface area contributed by atoms with Crippen molar-refractivity contribution < 1.29 is 14.7 Å². The molecule has 0 aliphatic rings. The second kappa shape index (κ2) is 7.20. The largest absolute Gasteiger partial charge is 0.387 e. The van der Waals surface area contributed by atoms with Gasteiger partial charge in [-0.1, -0.05) is 17.7 Å². The maximum absolute atomic E-state index is 11.8. The van der Waals surface area contributed by atoms with Gasteiger partial charge in [-0.05, 0) is 47.9 Å². The van der Waals surface area contributed by atoms with E-state index in [0.29, 0.717) is 5.69 Å². The highest BCUT2D eigenvalue weighted by atomic mass is 32.1. The minimum absolute atomic E-state index is 0.00410. The van der Waals surface area contributed by atoms with Crippen molar-refractivity contribution in [2.24, 2.45) is 0 Å². The molecule has 1 heterocycles. The summed E-state index contributed by atoms with van der Waals surface area (Å²) in [6.07, 6.45) is -0.816. The first kappa shape index (κ1) is 16.2. The predicted molar refractivity (Wildman–Crippen MR) is 86.8 cm³/mol. The normalized spacial score (nSPS) is 11.8. The SMILES string of the molecule is Cc1ccc(NC(=O)C(=O)NCC(O)c2ccsc2)c(C)c1. The van der Waals surface area contributed by atoms with Crippen LogP contribution in [0.3, 0.4) is 0 Å². The van der Waals surface area contributed by atoms with Gasteiger partial charge in [-0.15, -0.1) is 0 Å². The smallest absolute Gasteiger partial charge is 0.313 e. The lowest BCUT2D eigenvalue weighted by Crippen LogP contribution is -2.37. The summed E-state index contributed by atoms with van der Waals surface area (Å²) in [5.74, 6) is -1.52. The van der Waals surface area contributed by atoms with Gasteiger partial charge in [-0.25, -0.2) is 0 Å². The standard InChI is InChI=1S/C16H18N2O3S/c1-10-3-4-13(11(2)7-10)18-16(21)15(20)17-8-14(19)12-5-6-22-9-12/h3-7,9,14,19H,8H2,1-2H3,(H,17,20)(H,18,21). The van der Waals surface area contributed by atoms with E-state index in [-0.39, 0.29) is 6.54 Å². The second-order valence-corrected chi connectivity index (χ2v) is 5.84. The Balaban J connectivity index is 1.88. The van der Waals surface area contributed by atoms with Gasteiger partial charge in [0.15, 0.2) is 0 Å². The molecule has 0 saturated carbocycles. The molecule has 0 bridgehead atoms. The first-order chi connectivity index (χ1) is 10.5. The maximum atomic E-state index is 11.8. The van der Waals surface area contributed by atoms with Crippen LogP contribution in [0.5, 0.6) is 0 Å². The zero-order chi connectivity index (χ0) is 16.1. The Bertz CT molecular complexity index is 668. The number of aliphatic hydroxyl groups excluding tert-OH is 1. The molecule has 2 aromatic rings. The summed E-state index contributed by atoms with van der Waals surface area (Å²) in [5, 5.41) is 18.5. The lowest BCUT2D eigenvalue weighted by Gasteiger charge is -2.11. The van der Waals surface area contributed by atoms with E-state index >= 15 is 0 Å². The minimum atomic E-state index is -0.816. The molecule has 116 valence electrons. The van der Waals surface area contributed by atoms with Gasteiger partial charge >= 0.3 is 11.8 Å². The van der Waals surface area contributed by atoms with E-state index in [9.17, 15) is 14.7 Å². The van der Waals surface area contributed by atoms with Crippen LogP contribution in [0.2, 0.25) is 0 Å². The molecule has 1 aromatic carbocycles. The first-order valence-corrected chi connectivity index (χ1v) is 7.78. The Labute approximate surface area is 133 Å². The van der Waals surface area contributed by atoms with Crippen molar-refractivity contribution in [2.75, 3.05) is 11.9 Å². The zero-order valence-electron chi connectivity index (χ0n) is 12.4. The van der Waals surface area contributed by atoms with Crippen LogP contribution >= 0.6 is 11.3 Å². The van der Waals surface area contributed by atoms with Gasteiger partial charge in [-0.3, -0.25) is 9.59 Å². The van der Waals surface area contributed by atoms with Crippen molar-refractivity contribution in [1.82, 2.24) is 5.32 Å². The third-order valence-corrected chi connectivity index (χ3v) is 3.92. The van der Waals surface area contributed by atoms with Gasteiger partial charge in [0.1, 0.15) is 0 Å². The Kier molecular flexibility index (Phi) is 5.30. The molecule has 5 nitrogen and oxygen atoms in total. The molecule has 0 radical (unpaired) electrons. The van der Waals surface area contributed by atoms with E-state index in [2.05, 4.69) is 10.6 Å². The second-order valence-electron chi connectivity index (χ2n) is 5.06. The summed E-state index contributed by atoms with van der Waals surface area (Å²) < 4.78 is 0. The summed E-state index contributed by atoms with van der Waals surface area (Å²) in [7, 11) is 0. The number of rotatable bonds is 4. The Morgan fingerprint density at radius 3 is 2.64 bits per heavy atom. The molecule has 3 N–H and O–H groups in total. The summed E-state index contributed by atoms with van der Waals surface area (Å²) >= 11 is 1.46. The lowest BCUT2D eigenvalue weighted by molar-refractivity contribution is -0.136. The number of hydrogen-bond acceptors (Lipinski definition) is 4. The minimum Gasteiger partial charge on any atom is -0.387 e. The van der Waals surface area contributed by atoms with Crippen molar-refractivity contribution in [2.45, 2.75) is 20.0 Å². The van der Waals surface area contributed by atoms with Crippen molar-refractivity contribution in [3.8, 4) is 0 Å². The Morgan fingerprint density at radius 1 is 1.23 bits per heavy atom. The average molecular weight is 318 g/mol. The molecule has 0 spiro atoms. The van der Waals surface area contributed by atoms with Gasteiger partial charge in [0.25, 0.3) is 0 Å². The average Bonchev–Trinajstić information content (AvgIpc) is 3.01. The number of aryl methyl sites for hydroxylation is 2. The van der Waals surface area contributed by atoms with Gasteiger partial charge in [0, 0.05) is 12.2 Å². The van der Waals surface area contributed by atoms with Crippen LogP contribution in [0, 0.1) is 13.8 Å². The highest BCUT2D eigenvalue weighted by Crippen LogP contribution is 2.16. The number of nitrogens with one attached hydrogen (secondary N) is 2. The molecule has 0 fully saturated rings. The molecule has 1 aromatic heterocycles. The number of amides is 2. The van der Waals surface area contributed by atoms with Crippen LogP contribution in [0.4, 0.5) is 5.69 Å². The highest BCUT2D eigenvalue weighted by molar-refractivity contribution is 7.07. The number of hydrogen-bond donors (Lipinski definition) is 3. The van der Waals surface area contributed by atoms with E-state index in [1.165, 1.54) is 11.3 Å². The van der Waals surface area contributed by atoms with Gasteiger partial charge in [-0.2, -0.15) is 11.3 Å². The topological polar surface area (TPSA) is 78.4 Å². The molecular weight excluding hydrogens is 300 g/mol. The van der Waals surface area contributed by atoms with Crippen molar-refractivity contribution >= 4 is 28.8 Å². The van der Waals surface area contributed by atoms with Crippen LogP contribution in [-0.2, 0) is 9.59 Å². The van der Waals surface area contributed by atoms with E-state index in [0.717, 1.165) is 16.7 Å². The van der Waals surface area contributed by atoms with E-state index in [1.54, 1.807) is 17.5 Å². The number of anilines is 1. The predicted octanol–water partition coefficient (Wildman–Crippen LogP) is 2.15. The van der Waals surface area contributed by atoms with E-state index in [4.69, 9.17) is 0 Å². The monoisotopic (exact) mass is 318 g/mol.